The van der Waals surface area contributed by atoms with Gasteiger partial charge in [-0.3, -0.25) is 19.4 Å². The molecule has 1 aromatic rings. The van der Waals surface area contributed by atoms with E-state index in [1.165, 1.54) is 19.1 Å². The Labute approximate surface area is 209 Å². The number of hydrogen-bond acceptors (Lipinski definition) is 7. The smallest absolute Gasteiger partial charge is 0.326 e. The van der Waals surface area contributed by atoms with Gasteiger partial charge in [-0.15, -0.1) is 0 Å². The number of nitrogens with two attached hydrogens (primary N) is 3. The van der Waals surface area contributed by atoms with Crippen molar-refractivity contribution in [3.8, 4) is 5.75 Å². The molecule has 0 heterocycles. The van der Waals surface area contributed by atoms with Crippen LogP contribution in [-0.2, 0) is 25.6 Å². The third-order valence-electron chi connectivity index (χ3n) is 5.29. The highest BCUT2D eigenvalue weighted by Gasteiger charge is 2.30. The van der Waals surface area contributed by atoms with Crippen molar-refractivity contribution in [3.63, 3.8) is 0 Å². The average molecular weight is 508 g/mol. The van der Waals surface area contributed by atoms with Gasteiger partial charge in [-0.1, -0.05) is 26.0 Å². The lowest BCUT2D eigenvalue weighted by atomic mass is 10.0. The summed E-state index contributed by atoms with van der Waals surface area (Å²) in [4.78, 5) is 53.3. The van der Waals surface area contributed by atoms with Gasteiger partial charge in [0.15, 0.2) is 5.96 Å². The fourth-order valence-electron chi connectivity index (χ4n) is 3.20. The summed E-state index contributed by atoms with van der Waals surface area (Å²) in [6, 6.07) is 1.99. The molecule has 11 N–H and O–H groups in total. The second kappa shape index (κ2) is 14.5. The first-order valence-corrected chi connectivity index (χ1v) is 11.5. The number of carboxylic acids is 1. The number of phenols is 1. The van der Waals surface area contributed by atoms with Crippen molar-refractivity contribution >= 4 is 29.7 Å². The van der Waals surface area contributed by atoms with Crippen LogP contribution in [0.5, 0.6) is 5.75 Å². The van der Waals surface area contributed by atoms with E-state index in [0.717, 1.165) is 5.56 Å². The summed E-state index contributed by atoms with van der Waals surface area (Å²) in [5, 5.41) is 26.2. The van der Waals surface area contributed by atoms with Crippen molar-refractivity contribution in [1.82, 2.24) is 16.0 Å². The van der Waals surface area contributed by atoms with Crippen molar-refractivity contribution in [2.75, 3.05) is 6.54 Å². The van der Waals surface area contributed by atoms with E-state index in [-0.39, 0.29) is 31.1 Å². The summed E-state index contributed by atoms with van der Waals surface area (Å²) in [6.07, 6.45) is 0.635. The molecule has 0 bridgehead atoms. The maximum atomic E-state index is 12.8. The Morgan fingerprint density at radius 3 is 2.08 bits per heavy atom. The second-order valence-electron chi connectivity index (χ2n) is 8.79. The van der Waals surface area contributed by atoms with Crippen molar-refractivity contribution in [2.45, 2.75) is 64.2 Å². The normalized spacial score (nSPS) is 14.1. The van der Waals surface area contributed by atoms with Crippen LogP contribution in [0.4, 0.5) is 0 Å². The van der Waals surface area contributed by atoms with Gasteiger partial charge < -0.3 is 43.4 Å². The minimum Gasteiger partial charge on any atom is -0.508 e. The van der Waals surface area contributed by atoms with Gasteiger partial charge in [0.05, 0.1) is 6.04 Å². The third-order valence-corrected chi connectivity index (χ3v) is 5.29. The number of benzene rings is 1. The highest BCUT2D eigenvalue weighted by molar-refractivity contribution is 5.94. The number of aliphatic carboxylic acids is 1. The molecule has 0 radical (unpaired) electrons. The molecule has 0 aliphatic rings. The fourth-order valence-corrected chi connectivity index (χ4v) is 3.20. The van der Waals surface area contributed by atoms with Crippen LogP contribution >= 0.6 is 0 Å². The zero-order valence-corrected chi connectivity index (χ0v) is 20.7. The Morgan fingerprint density at radius 2 is 1.56 bits per heavy atom. The molecule has 0 aliphatic heterocycles. The first-order chi connectivity index (χ1) is 16.8. The molecular weight excluding hydrogens is 470 g/mol. The van der Waals surface area contributed by atoms with Gasteiger partial charge in [-0.2, -0.15) is 0 Å². The van der Waals surface area contributed by atoms with E-state index in [9.17, 15) is 29.4 Å². The van der Waals surface area contributed by atoms with Gasteiger partial charge in [-0.25, -0.2) is 4.79 Å². The molecule has 0 fully saturated rings. The molecular formula is C23H37N7O6. The van der Waals surface area contributed by atoms with E-state index in [1.807, 2.05) is 0 Å². The van der Waals surface area contributed by atoms with Crippen LogP contribution in [-0.4, -0.2) is 70.6 Å². The number of carboxylic acid groups (broad SMARTS) is 1. The van der Waals surface area contributed by atoms with Crippen LogP contribution in [0, 0.1) is 5.92 Å². The van der Waals surface area contributed by atoms with E-state index < -0.39 is 53.8 Å². The molecule has 3 amide bonds. The van der Waals surface area contributed by atoms with Crippen molar-refractivity contribution < 1.29 is 29.4 Å². The number of rotatable bonds is 14. The monoisotopic (exact) mass is 507 g/mol. The van der Waals surface area contributed by atoms with E-state index in [2.05, 4.69) is 20.9 Å². The molecule has 0 saturated carbocycles. The van der Waals surface area contributed by atoms with Crippen molar-refractivity contribution in [2.24, 2.45) is 28.1 Å². The van der Waals surface area contributed by atoms with E-state index >= 15 is 0 Å². The second-order valence-corrected chi connectivity index (χ2v) is 8.79. The van der Waals surface area contributed by atoms with Crippen LogP contribution in [0.1, 0.15) is 39.2 Å². The Hall–Kier alpha value is -3.87. The predicted molar refractivity (Wildman–Crippen MR) is 134 cm³/mol. The van der Waals surface area contributed by atoms with Gasteiger partial charge in [0.2, 0.25) is 17.7 Å². The first kappa shape index (κ1) is 30.2. The summed E-state index contributed by atoms with van der Waals surface area (Å²) in [6.45, 7) is 4.92. The van der Waals surface area contributed by atoms with Crippen molar-refractivity contribution in [3.05, 3.63) is 29.8 Å². The minimum absolute atomic E-state index is 0.0852. The largest absolute Gasteiger partial charge is 0.508 e. The van der Waals surface area contributed by atoms with Crippen LogP contribution < -0.4 is 33.2 Å². The Balaban J connectivity index is 2.81. The van der Waals surface area contributed by atoms with Crippen LogP contribution in [0.25, 0.3) is 0 Å². The van der Waals surface area contributed by atoms with Gasteiger partial charge >= 0.3 is 5.97 Å². The van der Waals surface area contributed by atoms with Gasteiger partial charge in [0.1, 0.15) is 23.9 Å². The number of nitrogens with zero attached hydrogens (tertiary/aromatic N) is 1. The molecule has 0 aromatic heterocycles. The highest BCUT2D eigenvalue weighted by atomic mass is 16.4. The molecule has 13 heteroatoms. The Morgan fingerprint density at radius 1 is 0.944 bits per heavy atom. The van der Waals surface area contributed by atoms with Gasteiger partial charge in [0, 0.05) is 6.54 Å². The highest BCUT2D eigenvalue weighted by Crippen LogP contribution is 2.11. The maximum Gasteiger partial charge on any atom is 0.326 e. The number of hydrogen-bond donors (Lipinski definition) is 8. The Bertz CT molecular complexity index is 931. The first-order valence-electron chi connectivity index (χ1n) is 11.5. The predicted octanol–water partition coefficient (Wildman–Crippen LogP) is -1.47. The van der Waals surface area contributed by atoms with Crippen LogP contribution in [0.15, 0.2) is 29.3 Å². The van der Waals surface area contributed by atoms with E-state index in [4.69, 9.17) is 17.2 Å². The number of carbonyl (C=O) groups excluding carboxylic acids is 3. The zero-order chi connectivity index (χ0) is 27.4. The fraction of sp³-hybridized carbons (Fsp3) is 0.522. The Kier molecular flexibility index (Phi) is 12.2. The van der Waals surface area contributed by atoms with E-state index in [1.54, 1.807) is 26.0 Å². The lowest BCUT2D eigenvalue weighted by molar-refractivity contribution is -0.143. The molecule has 13 nitrogen and oxygen atoms in total. The summed E-state index contributed by atoms with van der Waals surface area (Å²) in [5.41, 5.74) is 17.3. The molecule has 4 unspecified atom stereocenters. The quantitative estimate of drug-likeness (QED) is 0.0832. The summed E-state index contributed by atoms with van der Waals surface area (Å²) in [7, 11) is 0. The molecule has 0 saturated heterocycles. The molecule has 4 atom stereocenters. The van der Waals surface area contributed by atoms with E-state index in [0.29, 0.717) is 6.42 Å². The molecule has 200 valence electrons. The van der Waals surface area contributed by atoms with Gasteiger partial charge in [0.25, 0.3) is 0 Å². The maximum absolute atomic E-state index is 12.8. The number of aromatic hydroxyl groups is 1. The van der Waals surface area contributed by atoms with Crippen LogP contribution in [0.3, 0.4) is 0 Å². The standard InChI is InChI=1S/C23H37N7O6/c1-12(2)18(22(35)36)30-21(34)17(5-4-10-27-23(25)26)29-19(32)13(3)28-20(33)16(24)11-14-6-8-15(31)9-7-14/h6-9,12-13,16-18,31H,4-5,10-11,24H2,1-3H3,(H,28,33)(H,29,32)(H,30,34)(H,35,36)(H4,25,26,27). The topological polar surface area (TPSA) is 235 Å². The summed E-state index contributed by atoms with van der Waals surface area (Å²) in [5.74, 6) is -3.54. The minimum atomic E-state index is -1.20. The molecule has 36 heavy (non-hydrogen) atoms. The lowest BCUT2D eigenvalue weighted by Crippen LogP contribution is -2.57. The molecule has 0 spiro atoms. The third kappa shape index (κ3) is 10.6. The molecule has 1 rings (SSSR count). The summed E-state index contributed by atoms with van der Waals surface area (Å²) < 4.78 is 0. The number of nitrogens with one attached hydrogen (secondary N) is 3. The molecule has 1 aromatic carbocycles. The lowest BCUT2D eigenvalue weighted by Gasteiger charge is -2.25. The zero-order valence-electron chi connectivity index (χ0n) is 20.7. The number of guanidine groups is 1. The summed E-state index contributed by atoms with van der Waals surface area (Å²) >= 11 is 0. The average Bonchev–Trinajstić information content (AvgIpc) is 2.79. The number of aliphatic imine (C=N–C) groups is 1. The molecule has 0 aliphatic carbocycles. The number of carbonyl (C=O) groups is 4. The van der Waals surface area contributed by atoms with Gasteiger partial charge in [-0.05, 0) is 49.8 Å². The number of phenolic OH excluding ortho intramolecular Hbond substituents is 1. The SMILES string of the molecule is CC(NC(=O)C(N)Cc1ccc(O)cc1)C(=O)NC(CCCN=C(N)N)C(=O)NC(C(=O)O)C(C)C. The van der Waals surface area contributed by atoms with Crippen LogP contribution in [0.2, 0.25) is 0 Å². The number of amides is 3. The van der Waals surface area contributed by atoms with Crippen molar-refractivity contribution in [1.29, 1.82) is 0 Å².